The minimum absolute atomic E-state index is 0.192. The van der Waals surface area contributed by atoms with Crippen LogP contribution in [-0.2, 0) is 20.8 Å². The highest BCUT2D eigenvalue weighted by Crippen LogP contribution is 2.40. The molecule has 2 aliphatic carbocycles. The number of benzene rings is 1. The minimum atomic E-state index is -4.72. The Hall–Kier alpha value is -1.84. The van der Waals surface area contributed by atoms with Gasteiger partial charge in [0.2, 0.25) is 0 Å². The summed E-state index contributed by atoms with van der Waals surface area (Å²) in [6.45, 7) is 2.27. The van der Waals surface area contributed by atoms with Crippen molar-refractivity contribution in [1.29, 1.82) is 5.26 Å². The summed E-state index contributed by atoms with van der Waals surface area (Å²) < 4.78 is 70.2. The van der Waals surface area contributed by atoms with Gasteiger partial charge < -0.3 is 15.2 Å². The number of carbonyl (C=O) groups is 1. The van der Waals surface area contributed by atoms with Crippen molar-refractivity contribution in [2.24, 2.45) is 0 Å². The van der Waals surface area contributed by atoms with Crippen LogP contribution in [0.3, 0.4) is 0 Å². The molecule has 0 heterocycles. The maximum atomic E-state index is 13.1. The maximum Gasteiger partial charge on any atom is 0.417 e. The number of sulfone groups is 1. The van der Waals surface area contributed by atoms with E-state index in [1.54, 1.807) is 6.92 Å². The monoisotopic (exact) mass is 526 g/mol. The van der Waals surface area contributed by atoms with Gasteiger partial charge in [-0.1, -0.05) is 15.9 Å². The predicted molar refractivity (Wildman–Crippen MR) is 108 cm³/mol. The van der Waals surface area contributed by atoms with Crippen LogP contribution >= 0.6 is 15.9 Å². The molecule has 1 amide bonds. The third-order valence-corrected chi connectivity index (χ3v) is 7.81. The average Bonchev–Trinajstić information content (AvgIpc) is 3.26. The zero-order valence-electron chi connectivity index (χ0n) is 16.6. The third kappa shape index (κ3) is 6.57. The number of carboxylic acid groups (broad SMARTS) is 1. The fraction of sp³-hybridized carbons (Fsp3) is 0.579. The highest BCUT2D eigenvalue weighted by molar-refractivity contribution is 9.10. The number of ether oxygens (including phenoxy) is 1. The Morgan fingerprint density at radius 1 is 1.39 bits per heavy atom. The van der Waals surface area contributed by atoms with E-state index in [0.29, 0.717) is 32.3 Å². The lowest BCUT2D eigenvalue weighted by Crippen LogP contribution is -2.33. The van der Waals surface area contributed by atoms with Gasteiger partial charge in [-0.3, -0.25) is 0 Å². The number of alkyl halides is 3. The van der Waals surface area contributed by atoms with Gasteiger partial charge in [0.05, 0.1) is 27.9 Å². The number of hydrogen-bond donors (Lipinski definition) is 2. The van der Waals surface area contributed by atoms with Crippen LogP contribution in [0.1, 0.15) is 44.6 Å². The van der Waals surface area contributed by atoms with Crippen LogP contribution in [0.2, 0.25) is 0 Å². The van der Waals surface area contributed by atoms with Crippen molar-refractivity contribution < 1.29 is 36.2 Å². The number of rotatable bonds is 5. The molecular weight excluding hydrogens is 505 g/mol. The molecule has 0 bridgehead atoms. The first-order chi connectivity index (χ1) is 14.3. The maximum absolute atomic E-state index is 13.1. The molecule has 2 fully saturated rings. The van der Waals surface area contributed by atoms with Crippen molar-refractivity contribution in [2.45, 2.75) is 67.0 Å². The quantitative estimate of drug-likeness (QED) is 0.582. The lowest BCUT2D eigenvalue weighted by Gasteiger charge is -2.17. The molecule has 0 radical (unpaired) electrons. The number of hydrogen-bond acceptors (Lipinski definition) is 5. The summed E-state index contributed by atoms with van der Waals surface area (Å²) >= 11 is 2.95. The normalized spacial score (nSPS) is 22.1. The molecule has 3 rings (SSSR count). The minimum Gasteiger partial charge on any atom is -0.465 e. The van der Waals surface area contributed by atoms with Crippen LogP contribution in [0.15, 0.2) is 27.6 Å². The van der Waals surface area contributed by atoms with E-state index in [1.165, 1.54) is 6.07 Å². The number of amides is 1. The second-order valence-electron chi connectivity index (χ2n) is 7.32. The second kappa shape index (κ2) is 9.75. The highest BCUT2D eigenvalue weighted by Gasteiger charge is 2.45. The number of nitrogens with zero attached hydrogens (tertiary/aromatic N) is 1. The van der Waals surface area contributed by atoms with Crippen LogP contribution < -0.4 is 5.32 Å². The van der Waals surface area contributed by atoms with Crippen molar-refractivity contribution in [3.63, 3.8) is 0 Å². The summed E-state index contributed by atoms with van der Waals surface area (Å²) in [6, 6.07) is 5.04. The lowest BCUT2D eigenvalue weighted by atomic mass is 10.2. The van der Waals surface area contributed by atoms with Crippen LogP contribution in [-0.4, -0.2) is 43.1 Å². The molecule has 172 valence electrons. The van der Waals surface area contributed by atoms with Gasteiger partial charge in [0, 0.05) is 11.1 Å². The SMILES string of the molecule is CCO[C@H]1CC[C@@H](S(=O)(=O)c2ccc(Br)cc2C(F)(F)F)C1.N#CC1(NC(=O)O)CC1. The van der Waals surface area contributed by atoms with Crippen LogP contribution in [0.4, 0.5) is 18.0 Å². The van der Waals surface area contributed by atoms with Gasteiger partial charge in [-0.25, -0.2) is 13.2 Å². The molecule has 0 spiro atoms. The van der Waals surface area contributed by atoms with Crippen LogP contribution in [0.25, 0.3) is 0 Å². The van der Waals surface area contributed by atoms with Crippen molar-refractivity contribution in [1.82, 2.24) is 5.32 Å². The Morgan fingerprint density at radius 2 is 2.03 bits per heavy atom. The molecule has 2 atom stereocenters. The zero-order chi connectivity index (χ0) is 23.4. The number of nitrogens with one attached hydrogen (secondary N) is 1. The molecule has 12 heteroatoms. The topological polar surface area (TPSA) is 116 Å². The second-order valence-corrected chi connectivity index (χ2v) is 10.4. The molecule has 0 aliphatic heterocycles. The smallest absolute Gasteiger partial charge is 0.417 e. The van der Waals surface area contributed by atoms with Crippen molar-refractivity contribution in [3.8, 4) is 6.07 Å². The Morgan fingerprint density at radius 3 is 2.48 bits per heavy atom. The summed E-state index contributed by atoms with van der Waals surface area (Å²) in [4.78, 5) is 9.30. The van der Waals surface area contributed by atoms with Crippen LogP contribution in [0.5, 0.6) is 0 Å². The number of halogens is 4. The van der Waals surface area contributed by atoms with E-state index < -0.39 is 43.4 Å². The summed E-state index contributed by atoms with van der Waals surface area (Å²) in [6.07, 6.45) is -3.63. The van der Waals surface area contributed by atoms with E-state index in [-0.39, 0.29) is 17.0 Å². The molecule has 0 aromatic heterocycles. The molecule has 0 saturated heterocycles. The Balaban J connectivity index is 0.000000316. The van der Waals surface area contributed by atoms with E-state index in [1.807, 2.05) is 6.07 Å². The Labute approximate surface area is 186 Å². The first kappa shape index (κ1) is 25.4. The van der Waals surface area contributed by atoms with E-state index in [9.17, 15) is 26.4 Å². The fourth-order valence-electron chi connectivity index (χ4n) is 3.32. The number of nitriles is 1. The summed E-state index contributed by atoms with van der Waals surface area (Å²) in [5, 5.41) is 17.8. The summed E-state index contributed by atoms with van der Waals surface area (Å²) in [5.41, 5.74) is -1.85. The van der Waals surface area contributed by atoms with Gasteiger partial charge in [0.1, 0.15) is 5.54 Å². The molecule has 31 heavy (non-hydrogen) atoms. The van der Waals surface area contributed by atoms with E-state index in [0.717, 1.165) is 12.1 Å². The lowest BCUT2D eigenvalue weighted by molar-refractivity contribution is -0.139. The highest BCUT2D eigenvalue weighted by atomic mass is 79.9. The predicted octanol–water partition coefficient (Wildman–Crippen LogP) is 4.51. The third-order valence-electron chi connectivity index (χ3n) is 5.04. The van der Waals surface area contributed by atoms with E-state index in [4.69, 9.17) is 15.1 Å². The van der Waals surface area contributed by atoms with Gasteiger partial charge in [0.15, 0.2) is 9.84 Å². The average molecular weight is 527 g/mol. The molecule has 2 saturated carbocycles. The van der Waals surface area contributed by atoms with Gasteiger partial charge in [0.25, 0.3) is 0 Å². The van der Waals surface area contributed by atoms with Gasteiger partial charge in [-0.05, 0) is 57.2 Å². The van der Waals surface area contributed by atoms with Crippen molar-refractivity contribution >= 4 is 31.9 Å². The first-order valence-corrected chi connectivity index (χ1v) is 11.8. The van der Waals surface area contributed by atoms with Crippen molar-refractivity contribution in [2.75, 3.05) is 6.61 Å². The first-order valence-electron chi connectivity index (χ1n) is 9.49. The molecule has 1 aromatic carbocycles. The molecule has 0 unspecified atom stereocenters. The summed E-state index contributed by atoms with van der Waals surface area (Å²) in [5.74, 6) is 0. The molecule has 1 aromatic rings. The van der Waals surface area contributed by atoms with Gasteiger partial charge in [-0.15, -0.1) is 0 Å². The molecule has 7 nitrogen and oxygen atoms in total. The largest absolute Gasteiger partial charge is 0.465 e. The Bertz CT molecular complexity index is 958. The standard InChI is InChI=1S/C14H16BrF3O3S.C5H6N2O2/c1-2-21-10-4-5-11(8-10)22(19,20)13-6-3-9(15)7-12(13)14(16,17)18;6-3-5(1-2-5)7-4(8)9/h3,6-7,10-11H,2,4-5,8H2,1H3;7H,1-2H2,(H,8,9)/t10-,11+;/m0./s1. The summed E-state index contributed by atoms with van der Waals surface area (Å²) in [7, 11) is -4.04. The fourth-order valence-corrected chi connectivity index (χ4v) is 5.69. The van der Waals surface area contributed by atoms with Crippen molar-refractivity contribution in [3.05, 3.63) is 28.2 Å². The van der Waals surface area contributed by atoms with Gasteiger partial charge >= 0.3 is 12.3 Å². The Kier molecular flexibility index (Phi) is 7.99. The molecule has 2 aliphatic rings. The van der Waals surface area contributed by atoms with Crippen LogP contribution in [0, 0.1) is 11.3 Å². The molecular formula is C19H22BrF3N2O5S. The molecule has 2 N–H and O–H groups in total. The van der Waals surface area contributed by atoms with Gasteiger partial charge in [-0.2, -0.15) is 18.4 Å². The zero-order valence-corrected chi connectivity index (χ0v) is 19.0. The van der Waals surface area contributed by atoms with E-state index in [2.05, 4.69) is 21.2 Å². The van der Waals surface area contributed by atoms with E-state index >= 15 is 0 Å².